The maximum atomic E-state index is 12.6. The van der Waals surface area contributed by atoms with Crippen molar-refractivity contribution in [3.63, 3.8) is 0 Å². The fraction of sp³-hybridized carbons (Fsp3) is 0.154. The predicted molar refractivity (Wildman–Crippen MR) is 68.8 cm³/mol. The number of nitrogen functional groups attached to an aromatic ring is 1. The van der Waals surface area contributed by atoms with Gasteiger partial charge in [0.25, 0.3) is 0 Å². The lowest BCUT2D eigenvalue weighted by Crippen LogP contribution is -2.05. The summed E-state index contributed by atoms with van der Waals surface area (Å²) in [5.74, 6) is 0.229. The van der Waals surface area contributed by atoms with Gasteiger partial charge in [-0.05, 0) is 36.2 Å². The smallest absolute Gasteiger partial charge is 0.383 e. The predicted octanol–water partition coefficient (Wildman–Crippen LogP) is 4.31. The van der Waals surface area contributed by atoms with Gasteiger partial charge in [0.2, 0.25) is 0 Å². The minimum absolute atomic E-state index is 0.229. The third-order valence-electron chi connectivity index (χ3n) is 2.73. The summed E-state index contributed by atoms with van der Waals surface area (Å²) in [7, 11) is 0. The zero-order chi connectivity index (χ0) is 14.2. The molecule has 0 aliphatic heterocycles. The first-order chi connectivity index (χ1) is 8.79. The van der Waals surface area contributed by atoms with Crippen LogP contribution in [0.25, 0.3) is 11.1 Å². The van der Waals surface area contributed by atoms with Crippen LogP contribution < -0.4 is 5.73 Å². The lowest BCUT2D eigenvalue weighted by molar-refractivity contribution is -0.137. The molecule has 2 aromatic rings. The van der Waals surface area contributed by atoms with Gasteiger partial charge >= 0.3 is 6.18 Å². The molecule has 2 rings (SSSR count). The van der Waals surface area contributed by atoms with Crippen molar-refractivity contribution in [3.8, 4) is 11.1 Å². The minimum atomic E-state index is -4.36. The molecular weight excluding hydrogens is 277 g/mol. The monoisotopic (exact) mass is 286 g/mol. The van der Waals surface area contributed by atoms with Gasteiger partial charge in [-0.25, -0.2) is 4.98 Å². The summed E-state index contributed by atoms with van der Waals surface area (Å²) in [6.45, 7) is 1.59. The molecule has 0 radical (unpaired) electrons. The number of nitrogens with two attached hydrogens (primary N) is 1. The third kappa shape index (κ3) is 2.81. The number of hydrogen-bond acceptors (Lipinski definition) is 2. The van der Waals surface area contributed by atoms with E-state index >= 15 is 0 Å². The molecule has 6 heteroatoms. The molecule has 19 heavy (non-hydrogen) atoms. The number of halogens is 4. The summed E-state index contributed by atoms with van der Waals surface area (Å²) < 4.78 is 37.8. The van der Waals surface area contributed by atoms with Crippen LogP contribution in [0.15, 0.2) is 30.5 Å². The summed E-state index contributed by atoms with van der Waals surface area (Å²) >= 11 is 5.82. The van der Waals surface area contributed by atoms with Gasteiger partial charge in [0.1, 0.15) is 5.82 Å². The van der Waals surface area contributed by atoms with E-state index in [9.17, 15) is 13.2 Å². The molecule has 0 atom stereocenters. The Bertz CT molecular complexity index is 624. The normalized spacial score (nSPS) is 11.6. The molecule has 0 spiro atoms. The number of anilines is 1. The van der Waals surface area contributed by atoms with Crippen molar-refractivity contribution in [3.05, 3.63) is 46.6 Å². The Labute approximate surface area is 113 Å². The molecule has 0 amide bonds. The fourth-order valence-electron chi connectivity index (χ4n) is 1.81. The lowest BCUT2D eigenvalue weighted by atomic mass is 9.99. The van der Waals surface area contributed by atoms with Crippen LogP contribution in [0, 0.1) is 6.92 Å². The Hall–Kier alpha value is -1.75. The van der Waals surface area contributed by atoms with Crippen LogP contribution in [0.4, 0.5) is 19.0 Å². The second kappa shape index (κ2) is 4.74. The summed E-state index contributed by atoms with van der Waals surface area (Å²) in [5, 5.41) is 0.378. The van der Waals surface area contributed by atoms with Gasteiger partial charge in [-0.3, -0.25) is 0 Å². The fourth-order valence-corrected chi connectivity index (χ4v) is 1.97. The lowest BCUT2D eigenvalue weighted by Gasteiger charge is -2.12. The van der Waals surface area contributed by atoms with E-state index in [1.807, 2.05) is 0 Å². The molecule has 1 heterocycles. The Morgan fingerprint density at radius 2 is 1.84 bits per heavy atom. The molecule has 0 saturated heterocycles. The van der Waals surface area contributed by atoms with E-state index in [-0.39, 0.29) is 5.82 Å². The van der Waals surface area contributed by atoms with E-state index < -0.39 is 11.7 Å². The highest BCUT2D eigenvalue weighted by molar-refractivity contribution is 6.30. The van der Waals surface area contributed by atoms with Gasteiger partial charge in [-0.15, -0.1) is 0 Å². The van der Waals surface area contributed by atoms with E-state index in [2.05, 4.69) is 4.98 Å². The number of pyridine rings is 1. The van der Waals surface area contributed by atoms with Crippen molar-refractivity contribution in [2.24, 2.45) is 0 Å². The van der Waals surface area contributed by atoms with Crippen molar-refractivity contribution in [2.75, 3.05) is 5.73 Å². The van der Waals surface area contributed by atoms with E-state index in [1.54, 1.807) is 13.0 Å². The topological polar surface area (TPSA) is 38.9 Å². The van der Waals surface area contributed by atoms with Crippen LogP contribution in [0.5, 0.6) is 0 Å². The molecule has 0 fully saturated rings. The van der Waals surface area contributed by atoms with Crippen molar-refractivity contribution < 1.29 is 13.2 Å². The number of aryl methyl sites for hydroxylation is 1. The van der Waals surface area contributed by atoms with Gasteiger partial charge in [-0.1, -0.05) is 17.7 Å². The number of hydrogen-bond donors (Lipinski definition) is 1. The minimum Gasteiger partial charge on any atom is -0.383 e. The van der Waals surface area contributed by atoms with E-state index in [0.29, 0.717) is 21.7 Å². The summed E-state index contributed by atoms with van der Waals surface area (Å²) in [6.07, 6.45) is -2.97. The molecule has 2 nitrogen and oxygen atoms in total. The average molecular weight is 287 g/mol. The van der Waals surface area contributed by atoms with Crippen molar-refractivity contribution >= 4 is 17.4 Å². The second-order valence-corrected chi connectivity index (χ2v) is 4.55. The summed E-state index contributed by atoms with van der Waals surface area (Å²) in [4.78, 5) is 3.89. The van der Waals surface area contributed by atoms with Gasteiger partial charge in [0.15, 0.2) is 0 Å². The standard InChI is InChI=1S/C13H10ClF3N2/c1-7-4-8(13(15,16)17)2-3-10(7)11-5-9(14)6-19-12(11)18/h2-6H,1H3,(H2,18,19). The first-order valence-corrected chi connectivity index (χ1v) is 5.76. The van der Waals surface area contributed by atoms with E-state index in [0.717, 1.165) is 12.1 Å². The maximum absolute atomic E-state index is 12.6. The third-order valence-corrected chi connectivity index (χ3v) is 2.94. The highest BCUT2D eigenvalue weighted by Gasteiger charge is 2.30. The average Bonchev–Trinajstić information content (AvgIpc) is 2.31. The number of benzene rings is 1. The first kappa shape index (κ1) is 13.7. The van der Waals surface area contributed by atoms with Crippen LogP contribution in [0.1, 0.15) is 11.1 Å². The highest BCUT2D eigenvalue weighted by Crippen LogP contribution is 2.35. The Morgan fingerprint density at radius 3 is 2.42 bits per heavy atom. The van der Waals surface area contributed by atoms with Crippen LogP contribution in [0.2, 0.25) is 5.02 Å². The molecule has 0 unspecified atom stereocenters. The molecular formula is C13H10ClF3N2. The zero-order valence-corrected chi connectivity index (χ0v) is 10.7. The quantitative estimate of drug-likeness (QED) is 0.848. The first-order valence-electron chi connectivity index (χ1n) is 5.38. The molecule has 0 aliphatic carbocycles. The Morgan fingerprint density at radius 1 is 1.16 bits per heavy atom. The zero-order valence-electron chi connectivity index (χ0n) is 9.92. The Balaban J connectivity index is 2.55. The molecule has 100 valence electrons. The number of aromatic nitrogens is 1. The van der Waals surface area contributed by atoms with Crippen molar-refractivity contribution in [1.82, 2.24) is 4.98 Å². The van der Waals surface area contributed by atoms with Gasteiger partial charge in [-0.2, -0.15) is 13.2 Å². The van der Waals surface area contributed by atoms with Crippen LogP contribution in [-0.2, 0) is 6.18 Å². The molecule has 0 aliphatic rings. The van der Waals surface area contributed by atoms with Crippen LogP contribution in [0.3, 0.4) is 0 Å². The van der Waals surface area contributed by atoms with Gasteiger partial charge < -0.3 is 5.73 Å². The Kier molecular flexibility index (Phi) is 3.41. The van der Waals surface area contributed by atoms with Crippen LogP contribution in [-0.4, -0.2) is 4.98 Å². The number of alkyl halides is 3. The molecule has 0 saturated carbocycles. The number of rotatable bonds is 1. The van der Waals surface area contributed by atoms with Crippen molar-refractivity contribution in [1.29, 1.82) is 0 Å². The highest BCUT2D eigenvalue weighted by atomic mass is 35.5. The maximum Gasteiger partial charge on any atom is 0.416 e. The van der Waals surface area contributed by atoms with Gasteiger partial charge in [0.05, 0.1) is 10.6 Å². The molecule has 1 aromatic carbocycles. The summed E-state index contributed by atoms with van der Waals surface area (Å²) in [6, 6.07) is 5.06. The van der Waals surface area contributed by atoms with E-state index in [4.69, 9.17) is 17.3 Å². The van der Waals surface area contributed by atoms with E-state index in [1.165, 1.54) is 12.3 Å². The van der Waals surface area contributed by atoms with Gasteiger partial charge in [0, 0.05) is 11.8 Å². The SMILES string of the molecule is Cc1cc(C(F)(F)F)ccc1-c1cc(Cl)cnc1N. The largest absolute Gasteiger partial charge is 0.416 e. The summed E-state index contributed by atoms with van der Waals surface area (Å²) in [5.41, 5.74) is 6.60. The molecule has 1 aromatic heterocycles. The molecule has 2 N–H and O–H groups in total. The number of nitrogens with zero attached hydrogens (tertiary/aromatic N) is 1. The van der Waals surface area contributed by atoms with Crippen LogP contribution >= 0.6 is 11.6 Å². The second-order valence-electron chi connectivity index (χ2n) is 4.11. The van der Waals surface area contributed by atoms with Crippen molar-refractivity contribution in [2.45, 2.75) is 13.1 Å². The molecule has 0 bridgehead atoms.